The summed E-state index contributed by atoms with van der Waals surface area (Å²) in [5.41, 5.74) is 3.61. The van der Waals surface area contributed by atoms with Gasteiger partial charge in [0.1, 0.15) is 5.82 Å². The molecular weight excluding hydrogens is 441 g/mol. The molecule has 0 spiro atoms. The fourth-order valence-electron chi connectivity index (χ4n) is 4.31. The van der Waals surface area contributed by atoms with E-state index in [4.69, 9.17) is 11.6 Å². The summed E-state index contributed by atoms with van der Waals surface area (Å²) in [4.78, 5) is 29.3. The zero-order valence-electron chi connectivity index (χ0n) is 18.9. The number of piperazine rings is 1. The van der Waals surface area contributed by atoms with Crippen LogP contribution in [0.1, 0.15) is 35.8 Å². The largest absolute Gasteiger partial charge is 0.339 e. The minimum Gasteiger partial charge on any atom is -0.339 e. The number of halogens is 2. The molecule has 33 heavy (non-hydrogen) atoms. The van der Waals surface area contributed by atoms with Gasteiger partial charge in [-0.2, -0.15) is 0 Å². The molecule has 0 unspecified atom stereocenters. The van der Waals surface area contributed by atoms with Crippen LogP contribution in [0.15, 0.2) is 54.6 Å². The quantitative estimate of drug-likeness (QED) is 0.509. The van der Waals surface area contributed by atoms with Gasteiger partial charge in [-0.25, -0.2) is 4.39 Å². The van der Waals surface area contributed by atoms with Gasteiger partial charge >= 0.3 is 0 Å². The number of amides is 2. The predicted octanol–water partition coefficient (Wildman–Crippen LogP) is 5.33. The fraction of sp³-hybridized carbons (Fsp3) is 0.308. The first-order valence-electron chi connectivity index (χ1n) is 11.2. The molecule has 7 heteroatoms. The molecule has 5 nitrogen and oxygen atoms in total. The van der Waals surface area contributed by atoms with Crippen LogP contribution in [0, 0.1) is 12.7 Å². The number of carbonyl (C=O) groups excluding carboxylic acids is 2. The van der Waals surface area contributed by atoms with Crippen molar-refractivity contribution in [3.63, 3.8) is 0 Å². The van der Waals surface area contributed by atoms with Gasteiger partial charge in [0, 0.05) is 49.0 Å². The summed E-state index contributed by atoms with van der Waals surface area (Å²) >= 11 is 6.07. The summed E-state index contributed by atoms with van der Waals surface area (Å²) in [5, 5.41) is 0.617. The SMILES string of the molecule is CCCC(=O)N1CCN(C(=O)c2cc(-c3ccc(Cl)cc3)n(-c3cccc(F)c3)c2C)CC1. The Bertz CT molecular complexity index is 1160. The molecule has 2 amide bonds. The molecule has 2 heterocycles. The van der Waals surface area contributed by atoms with E-state index in [1.54, 1.807) is 23.1 Å². The second kappa shape index (κ2) is 9.79. The van der Waals surface area contributed by atoms with Gasteiger partial charge in [-0.05, 0) is 55.3 Å². The van der Waals surface area contributed by atoms with Crippen LogP contribution in [-0.2, 0) is 4.79 Å². The topological polar surface area (TPSA) is 45.6 Å². The second-order valence-corrected chi connectivity index (χ2v) is 8.71. The van der Waals surface area contributed by atoms with Crippen molar-refractivity contribution in [2.75, 3.05) is 26.2 Å². The van der Waals surface area contributed by atoms with Crippen LogP contribution >= 0.6 is 11.6 Å². The highest BCUT2D eigenvalue weighted by atomic mass is 35.5. The summed E-state index contributed by atoms with van der Waals surface area (Å²) in [5.74, 6) is -0.285. The number of hydrogen-bond donors (Lipinski definition) is 0. The lowest BCUT2D eigenvalue weighted by Gasteiger charge is -2.34. The Morgan fingerprint density at radius 3 is 2.27 bits per heavy atom. The van der Waals surface area contributed by atoms with E-state index in [-0.39, 0.29) is 17.6 Å². The molecule has 1 aliphatic heterocycles. The summed E-state index contributed by atoms with van der Waals surface area (Å²) in [6.45, 7) is 5.93. The van der Waals surface area contributed by atoms with Gasteiger partial charge in [0.05, 0.1) is 11.3 Å². The van der Waals surface area contributed by atoms with Crippen molar-refractivity contribution in [3.05, 3.63) is 76.7 Å². The Morgan fingerprint density at radius 2 is 1.64 bits per heavy atom. The molecule has 1 aliphatic rings. The van der Waals surface area contributed by atoms with Crippen molar-refractivity contribution in [1.29, 1.82) is 0 Å². The van der Waals surface area contributed by atoms with Crippen molar-refractivity contribution in [3.8, 4) is 16.9 Å². The Kier molecular flexibility index (Phi) is 6.84. The molecule has 172 valence electrons. The van der Waals surface area contributed by atoms with E-state index in [2.05, 4.69) is 0 Å². The van der Waals surface area contributed by atoms with Gasteiger partial charge in [0.2, 0.25) is 5.91 Å². The molecule has 0 aliphatic carbocycles. The van der Waals surface area contributed by atoms with E-state index in [0.29, 0.717) is 48.9 Å². The average Bonchev–Trinajstić information content (AvgIpc) is 3.16. The standard InChI is InChI=1S/C26H27ClFN3O2/c1-3-5-25(32)29-12-14-30(15-13-29)26(33)23-17-24(19-8-10-20(27)11-9-19)31(18(23)2)22-7-4-6-21(28)16-22/h4,6-11,16-17H,3,5,12-15H2,1-2H3. The van der Waals surface area contributed by atoms with E-state index in [9.17, 15) is 14.0 Å². The molecule has 0 atom stereocenters. The van der Waals surface area contributed by atoms with Gasteiger partial charge in [0.15, 0.2) is 0 Å². The molecule has 3 aromatic rings. The molecule has 0 bridgehead atoms. The van der Waals surface area contributed by atoms with Crippen LogP contribution < -0.4 is 0 Å². The monoisotopic (exact) mass is 467 g/mol. The van der Waals surface area contributed by atoms with Gasteiger partial charge in [0.25, 0.3) is 5.91 Å². The van der Waals surface area contributed by atoms with Crippen molar-refractivity contribution < 1.29 is 14.0 Å². The van der Waals surface area contributed by atoms with Gasteiger partial charge in [-0.3, -0.25) is 9.59 Å². The third-order valence-electron chi connectivity index (χ3n) is 6.07. The maximum Gasteiger partial charge on any atom is 0.255 e. The van der Waals surface area contributed by atoms with Crippen LogP contribution in [0.2, 0.25) is 5.02 Å². The predicted molar refractivity (Wildman–Crippen MR) is 128 cm³/mol. The summed E-state index contributed by atoms with van der Waals surface area (Å²) in [6.07, 6.45) is 1.35. The molecule has 1 saturated heterocycles. The van der Waals surface area contributed by atoms with Crippen LogP contribution in [0.5, 0.6) is 0 Å². The van der Waals surface area contributed by atoms with E-state index in [0.717, 1.165) is 23.4 Å². The number of hydrogen-bond acceptors (Lipinski definition) is 2. The minimum absolute atomic E-state index is 0.0829. The lowest BCUT2D eigenvalue weighted by atomic mass is 10.1. The van der Waals surface area contributed by atoms with Crippen molar-refractivity contribution in [2.45, 2.75) is 26.7 Å². The second-order valence-electron chi connectivity index (χ2n) is 8.27. The van der Waals surface area contributed by atoms with E-state index < -0.39 is 0 Å². The van der Waals surface area contributed by atoms with Crippen LogP contribution in [0.3, 0.4) is 0 Å². The molecule has 0 radical (unpaired) electrons. The normalized spacial score (nSPS) is 13.9. The van der Waals surface area contributed by atoms with Gasteiger partial charge in [-0.15, -0.1) is 0 Å². The molecule has 2 aromatic carbocycles. The average molecular weight is 468 g/mol. The molecule has 0 N–H and O–H groups in total. The first-order valence-corrected chi connectivity index (χ1v) is 11.6. The van der Waals surface area contributed by atoms with Crippen molar-refractivity contribution >= 4 is 23.4 Å². The lowest BCUT2D eigenvalue weighted by Crippen LogP contribution is -2.50. The number of rotatable bonds is 5. The van der Waals surface area contributed by atoms with E-state index >= 15 is 0 Å². The maximum atomic E-state index is 14.0. The first-order chi connectivity index (χ1) is 15.9. The zero-order chi connectivity index (χ0) is 23.5. The summed E-state index contributed by atoms with van der Waals surface area (Å²) in [7, 11) is 0. The summed E-state index contributed by atoms with van der Waals surface area (Å²) in [6, 6.07) is 15.6. The maximum absolute atomic E-state index is 14.0. The Balaban J connectivity index is 1.68. The first kappa shape index (κ1) is 23.1. The lowest BCUT2D eigenvalue weighted by molar-refractivity contribution is -0.132. The highest BCUT2D eigenvalue weighted by molar-refractivity contribution is 6.30. The highest BCUT2D eigenvalue weighted by Gasteiger charge is 2.28. The smallest absolute Gasteiger partial charge is 0.255 e. The van der Waals surface area contributed by atoms with Crippen LogP contribution in [0.4, 0.5) is 4.39 Å². The van der Waals surface area contributed by atoms with E-state index in [1.165, 1.54) is 12.1 Å². The number of carbonyl (C=O) groups is 2. The van der Waals surface area contributed by atoms with Gasteiger partial charge < -0.3 is 14.4 Å². The highest BCUT2D eigenvalue weighted by Crippen LogP contribution is 2.31. The Labute approximate surface area is 198 Å². The minimum atomic E-state index is -0.344. The molecule has 1 fully saturated rings. The molecular formula is C26H27ClFN3O2. The van der Waals surface area contributed by atoms with Crippen molar-refractivity contribution in [2.24, 2.45) is 0 Å². The summed E-state index contributed by atoms with van der Waals surface area (Å²) < 4.78 is 15.9. The van der Waals surface area contributed by atoms with E-state index in [1.807, 2.05) is 47.6 Å². The fourth-order valence-corrected chi connectivity index (χ4v) is 4.43. The van der Waals surface area contributed by atoms with Crippen molar-refractivity contribution in [1.82, 2.24) is 14.4 Å². The van der Waals surface area contributed by atoms with Gasteiger partial charge in [-0.1, -0.05) is 36.7 Å². The Hall–Kier alpha value is -3.12. The molecule has 0 saturated carbocycles. The van der Waals surface area contributed by atoms with Crippen LogP contribution in [-0.4, -0.2) is 52.4 Å². The molecule has 1 aromatic heterocycles. The number of benzene rings is 2. The number of aromatic nitrogens is 1. The Morgan fingerprint density at radius 1 is 0.970 bits per heavy atom. The third-order valence-corrected chi connectivity index (χ3v) is 6.32. The molecule has 4 rings (SSSR count). The number of nitrogens with zero attached hydrogens (tertiary/aromatic N) is 3. The zero-order valence-corrected chi connectivity index (χ0v) is 19.6. The van der Waals surface area contributed by atoms with Crippen LogP contribution in [0.25, 0.3) is 16.9 Å². The third kappa shape index (κ3) is 4.81.